The number of rotatable bonds is 3. The Morgan fingerprint density at radius 3 is 2.37 bits per heavy atom. The predicted octanol–water partition coefficient (Wildman–Crippen LogP) is 4.73. The fourth-order valence-corrected chi connectivity index (χ4v) is 1.51. The Kier molecular flexibility index (Phi) is 4.50. The van der Waals surface area contributed by atoms with Crippen molar-refractivity contribution in [1.29, 1.82) is 0 Å². The van der Waals surface area contributed by atoms with Crippen molar-refractivity contribution in [3.8, 4) is 0 Å². The van der Waals surface area contributed by atoms with Gasteiger partial charge in [0.2, 0.25) is 5.91 Å². The maximum atomic E-state index is 12.7. The molecule has 0 aliphatic rings. The molecule has 0 unspecified atom stereocenters. The van der Waals surface area contributed by atoms with Crippen molar-refractivity contribution in [1.82, 2.24) is 0 Å². The Bertz CT molecular complexity index is 483. The average molecular weight is 294 g/mol. The minimum absolute atomic E-state index is 0.0863. The lowest BCUT2D eigenvalue weighted by Gasteiger charge is -2.22. The lowest BCUT2D eigenvalue weighted by atomic mass is 9.89. The molecule has 1 N–H and O–H groups in total. The van der Waals surface area contributed by atoms with Crippen LogP contribution in [0.15, 0.2) is 18.2 Å². The first kappa shape index (κ1) is 15.8. The van der Waals surface area contributed by atoms with Gasteiger partial charge in [0.25, 0.3) is 0 Å². The summed E-state index contributed by atoms with van der Waals surface area (Å²) in [4.78, 5) is 11.9. The number of hydrogen-bond acceptors (Lipinski definition) is 1. The topological polar surface area (TPSA) is 29.1 Å². The third-order valence-corrected chi connectivity index (χ3v) is 3.36. The largest absolute Gasteiger partial charge is 0.417 e. The zero-order chi connectivity index (χ0) is 14.8. The van der Waals surface area contributed by atoms with Gasteiger partial charge < -0.3 is 5.32 Å². The van der Waals surface area contributed by atoms with E-state index in [9.17, 15) is 18.0 Å². The third kappa shape index (κ3) is 3.86. The maximum Gasteiger partial charge on any atom is 0.417 e. The predicted molar refractivity (Wildman–Crippen MR) is 69.2 cm³/mol. The van der Waals surface area contributed by atoms with Crippen LogP contribution in [0.3, 0.4) is 0 Å². The Hall–Kier alpha value is -1.23. The number of carbonyl (C=O) groups is 1. The van der Waals surface area contributed by atoms with Gasteiger partial charge in [-0.05, 0) is 24.6 Å². The summed E-state index contributed by atoms with van der Waals surface area (Å²) >= 11 is 5.50. The summed E-state index contributed by atoms with van der Waals surface area (Å²) in [5.74, 6) is -0.328. The number of carbonyl (C=O) groups excluding carboxylic acids is 1. The van der Waals surface area contributed by atoms with E-state index in [0.29, 0.717) is 6.42 Å². The molecule has 0 aliphatic heterocycles. The zero-order valence-electron chi connectivity index (χ0n) is 10.9. The molecule has 0 bridgehead atoms. The minimum Gasteiger partial charge on any atom is -0.326 e. The van der Waals surface area contributed by atoms with Gasteiger partial charge in [-0.25, -0.2) is 0 Å². The first-order valence-corrected chi connectivity index (χ1v) is 6.14. The highest BCUT2D eigenvalue weighted by molar-refractivity contribution is 6.31. The minimum atomic E-state index is -4.54. The maximum absolute atomic E-state index is 12.7. The molecule has 1 aromatic carbocycles. The van der Waals surface area contributed by atoms with Crippen molar-refractivity contribution in [3.05, 3.63) is 28.8 Å². The summed E-state index contributed by atoms with van der Waals surface area (Å²) in [6, 6.07) is 3.31. The van der Waals surface area contributed by atoms with E-state index >= 15 is 0 Å². The Labute approximate surface area is 114 Å². The van der Waals surface area contributed by atoms with Gasteiger partial charge >= 0.3 is 6.18 Å². The van der Waals surface area contributed by atoms with Crippen molar-refractivity contribution in [2.45, 2.75) is 33.4 Å². The van der Waals surface area contributed by atoms with Crippen LogP contribution in [0.5, 0.6) is 0 Å². The molecule has 0 spiro atoms. The zero-order valence-corrected chi connectivity index (χ0v) is 11.6. The van der Waals surface area contributed by atoms with Crippen LogP contribution in [-0.2, 0) is 11.0 Å². The van der Waals surface area contributed by atoms with E-state index in [-0.39, 0.29) is 16.6 Å². The van der Waals surface area contributed by atoms with E-state index in [2.05, 4.69) is 5.32 Å². The van der Waals surface area contributed by atoms with E-state index in [1.54, 1.807) is 13.8 Å². The molecule has 0 aliphatic carbocycles. The fourth-order valence-electron chi connectivity index (χ4n) is 1.28. The van der Waals surface area contributed by atoms with Crippen molar-refractivity contribution >= 4 is 23.2 Å². The van der Waals surface area contributed by atoms with Crippen LogP contribution >= 0.6 is 11.6 Å². The number of amides is 1. The second-order valence-electron chi connectivity index (χ2n) is 4.88. The molecule has 2 nitrogen and oxygen atoms in total. The van der Waals surface area contributed by atoms with E-state index in [1.807, 2.05) is 6.92 Å². The van der Waals surface area contributed by atoms with Crippen LogP contribution in [0.1, 0.15) is 32.8 Å². The molecule has 0 saturated carbocycles. The van der Waals surface area contributed by atoms with Gasteiger partial charge in [-0.15, -0.1) is 0 Å². The number of nitrogens with one attached hydrogen (secondary N) is 1. The molecule has 0 fully saturated rings. The van der Waals surface area contributed by atoms with E-state index in [4.69, 9.17) is 11.6 Å². The molecule has 1 rings (SSSR count). The number of hydrogen-bond donors (Lipinski definition) is 1. The van der Waals surface area contributed by atoms with Gasteiger partial charge in [0.05, 0.1) is 10.6 Å². The van der Waals surface area contributed by atoms with Crippen molar-refractivity contribution < 1.29 is 18.0 Å². The van der Waals surface area contributed by atoms with Gasteiger partial charge in [-0.1, -0.05) is 32.4 Å². The molecule has 6 heteroatoms. The lowest BCUT2D eigenvalue weighted by molar-refractivity contribution is -0.137. The summed E-state index contributed by atoms with van der Waals surface area (Å²) < 4.78 is 38.0. The Morgan fingerprint density at radius 1 is 1.32 bits per heavy atom. The number of anilines is 1. The average Bonchev–Trinajstić information content (AvgIpc) is 2.30. The molecular formula is C13H15ClF3NO. The second-order valence-corrected chi connectivity index (χ2v) is 5.29. The van der Waals surface area contributed by atoms with Crippen LogP contribution in [-0.4, -0.2) is 5.91 Å². The summed E-state index contributed by atoms with van der Waals surface area (Å²) in [6.07, 6.45) is -3.96. The van der Waals surface area contributed by atoms with Crippen LogP contribution in [0.2, 0.25) is 5.02 Å². The highest BCUT2D eigenvalue weighted by atomic mass is 35.5. The monoisotopic (exact) mass is 293 g/mol. The summed E-state index contributed by atoms with van der Waals surface area (Å²) in [5, 5.41) is 2.09. The molecule has 19 heavy (non-hydrogen) atoms. The lowest BCUT2D eigenvalue weighted by Crippen LogP contribution is -2.30. The van der Waals surface area contributed by atoms with E-state index < -0.39 is 17.2 Å². The van der Waals surface area contributed by atoms with Gasteiger partial charge in [0, 0.05) is 11.1 Å². The normalized spacial score (nSPS) is 12.4. The Morgan fingerprint density at radius 2 is 1.89 bits per heavy atom. The first-order valence-electron chi connectivity index (χ1n) is 5.76. The van der Waals surface area contributed by atoms with Gasteiger partial charge in [0.15, 0.2) is 0 Å². The summed E-state index contributed by atoms with van der Waals surface area (Å²) in [5.41, 5.74) is -1.51. The highest BCUT2D eigenvalue weighted by Crippen LogP contribution is 2.36. The fraction of sp³-hybridized carbons (Fsp3) is 0.462. The first-order chi connectivity index (χ1) is 8.58. The van der Waals surface area contributed by atoms with Crippen molar-refractivity contribution in [2.24, 2.45) is 5.41 Å². The van der Waals surface area contributed by atoms with Crippen LogP contribution in [0.25, 0.3) is 0 Å². The standard InChI is InChI=1S/C13H15ClF3NO/c1-4-12(2,3)11(19)18-8-5-6-10(14)9(7-8)13(15,16)17/h5-7H,4H2,1-3H3,(H,18,19). The molecule has 0 radical (unpaired) electrons. The smallest absolute Gasteiger partial charge is 0.326 e. The molecule has 0 atom stereocenters. The number of alkyl halides is 3. The third-order valence-electron chi connectivity index (χ3n) is 3.03. The van der Waals surface area contributed by atoms with Crippen LogP contribution in [0.4, 0.5) is 18.9 Å². The number of benzene rings is 1. The van der Waals surface area contributed by atoms with Crippen LogP contribution < -0.4 is 5.32 Å². The molecule has 1 aromatic rings. The van der Waals surface area contributed by atoms with Gasteiger partial charge in [0.1, 0.15) is 0 Å². The molecular weight excluding hydrogens is 279 g/mol. The number of halogens is 4. The van der Waals surface area contributed by atoms with E-state index in [1.165, 1.54) is 6.07 Å². The quantitative estimate of drug-likeness (QED) is 0.857. The Balaban J connectivity index is 3.02. The van der Waals surface area contributed by atoms with Gasteiger partial charge in [-0.2, -0.15) is 13.2 Å². The van der Waals surface area contributed by atoms with E-state index in [0.717, 1.165) is 12.1 Å². The molecule has 106 valence electrons. The molecule has 1 amide bonds. The van der Waals surface area contributed by atoms with Crippen molar-refractivity contribution in [2.75, 3.05) is 5.32 Å². The summed E-state index contributed by atoms with van der Waals surface area (Å²) in [7, 11) is 0. The molecule has 0 saturated heterocycles. The summed E-state index contributed by atoms with van der Waals surface area (Å²) in [6.45, 7) is 5.29. The highest BCUT2D eigenvalue weighted by Gasteiger charge is 2.34. The SMILES string of the molecule is CCC(C)(C)C(=O)Nc1ccc(Cl)c(C(F)(F)F)c1. The molecule has 0 aromatic heterocycles. The van der Waals surface area contributed by atoms with Crippen LogP contribution in [0, 0.1) is 5.41 Å². The second kappa shape index (κ2) is 5.41. The van der Waals surface area contributed by atoms with Gasteiger partial charge in [-0.3, -0.25) is 4.79 Å². The molecule has 0 heterocycles. The van der Waals surface area contributed by atoms with Crippen molar-refractivity contribution in [3.63, 3.8) is 0 Å².